The quantitative estimate of drug-likeness (QED) is 0.443. The SMILES string of the molecule is CN1CCN(C)N(C)C1. The fourth-order valence-corrected chi connectivity index (χ4v) is 1.01. The van der Waals surface area contributed by atoms with Gasteiger partial charge in [-0.3, -0.25) is 4.90 Å². The van der Waals surface area contributed by atoms with Crippen LogP contribution in [0.1, 0.15) is 0 Å². The van der Waals surface area contributed by atoms with Gasteiger partial charge in [-0.25, -0.2) is 10.0 Å². The summed E-state index contributed by atoms with van der Waals surface area (Å²) in [6.45, 7) is 3.38. The summed E-state index contributed by atoms with van der Waals surface area (Å²) in [4.78, 5) is 2.31. The maximum atomic E-state index is 2.31. The minimum Gasteiger partial charge on any atom is -0.291 e. The van der Waals surface area contributed by atoms with E-state index in [0.717, 1.165) is 13.2 Å². The molecule has 0 aliphatic carbocycles. The minimum absolute atomic E-state index is 1.05. The van der Waals surface area contributed by atoms with E-state index >= 15 is 0 Å². The zero-order valence-electron chi connectivity index (χ0n) is 6.46. The van der Waals surface area contributed by atoms with Gasteiger partial charge in [-0.2, -0.15) is 0 Å². The summed E-state index contributed by atoms with van der Waals surface area (Å²) in [7, 11) is 6.37. The lowest BCUT2D eigenvalue weighted by Crippen LogP contribution is -2.51. The van der Waals surface area contributed by atoms with E-state index in [1.54, 1.807) is 0 Å². The molecule has 1 fully saturated rings. The molecule has 1 aliphatic heterocycles. The predicted molar refractivity (Wildman–Crippen MR) is 37.9 cm³/mol. The van der Waals surface area contributed by atoms with Gasteiger partial charge in [0.2, 0.25) is 0 Å². The Labute approximate surface area is 56.8 Å². The average molecular weight is 129 g/mol. The Morgan fingerprint density at radius 2 is 1.56 bits per heavy atom. The Balaban J connectivity index is 2.35. The van der Waals surface area contributed by atoms with Crippen LogP contribution >= 0.6 is 0 Å². The van der Waals surface area contributed by atoms with Crippen molar-refractivity contribution in [3.05, 3.63) is 0 Å². The van der Waals surface area contributed by atoms with Crippen molar-refractivity contribution < 1.29 is 0 Å². The first-order valence-corrected chi connectivity index (χ1v) is 3.31. The van der Waals surface area contributed by atoms with Gasteiger partial charge in [0.1, 0.15) is 0 Å². The lowest BCUT2D eigenvalue weighted by atomic mass is 10.5. The maximum absolute atomic E-state index is 2.31. The molecule has 0 spiro atoms. The van der Waals surface area contributed by atoms with Gasteiger partial charge in [-0.05, 0) is 7.05 Å². The highest BCUT2D eigenvalue weighted by atomic mass is 15.7. The fraction of sp³-hybridized carbons (Fsp3) is 1.00. The molecule has 1 aliphatic rings. The summed E-state index contributed by atoms with van der Waals surface area (Å²) in [5, 5.41) is 4.45. The van der Waals surface area contributed by atoms with Gasteiger partial charge < -0.3 is 0 Å². The molecule has 1 saturated heterocycles. The first-order chi connectivity index (χ1) is 4.20. The third-order valence-corrected chi connectivity index (χ3v) is 1.83. The van der Waals surface area contributed by atoms with E-state index in [2.05, 4.69) is 36.1 Å². The first-order valence-electron chi connectivity index (χ1n) is 3.31. The number of hydrogen-bond acceptors (Lipinski definition) is 3. The summed E-state index contributed by atoms with van der Waals surface area (Å²) in [6, 6.07) is 0. The van der Waals surface area contributed by atoms with Crippen molar-refractivity contribution >= 4 is 0 Å². The highest BCUT2D eigenvalue weighted by Crippen LogP contribution is 1.99. The lowest BCUT2D eigenvalue weighted by Gasteiger charge is -2.37. The smallest absolute Gasteiger partial charge is 0.0643 e. The molecule has 9 heavy (non-hydrogen) atoms. The minimum atomic E-state index is 1.05. The summed E-state index contributed by atoms with van der Waals surface area (Å²) >= 11 is 0. The van der Waals surface area contributed by atoms with Crippen molar-refractivity contribution in [2.75, 3.05) is 40.9 Å². The second kappa shape index (κ2) is 2.64. The molecule has 0 amide bonds. The molecule has 0 bridgehead atoms. The summed E-state index contributed by atoms with van der Waals surface area (Å²) < 4.78 is 0. The van der Waals surface area contributed by atoms with Crippen LogP contribution in [0.25, 0.3) is 0 Å². The molecule has 0 unspecified atom stereocenters. The topological polar surface area (TPSA) is 9.72 Å². The molecule has 0 aromatic rings. The van der Waals surface area contributed by atoms with Gasteiger partial charge >= 0.3 is 0 Å². The zero-order valence-corrected chi connectivity index (χ0v) is 6.46. The largest absolute Gasteiger partial charge is 0.291 e. The van der Waals surface area contributed by atoms with Gasteiger partial charge in [-0.15, -0.1) is 0 Å². The van der Waals surface area contributed by atoms with E-state index in [1.165, 1.54) is 6.54 Å². The molecule has 3 heteroatoms. The van der Waals surface area contributed by atoms with Crippen LogP contribution in [0.5, 0.6) is 0 Å². The Morgan fingerprint density at radius 1 is 0.889 bits per heavy atom. The second-order valence-electron chi connectivity index (χ2n) is 2.76. The zero-order chi connectivity index (χ0) is 6.85. The van der Waals surface area contributed by atoms with Crippen molar-refractivity contribution in [2.45, 2.75) is 0 Å². The van der Waals surface area contributed by atoms with E-state index in [0.29, 0.717) is 0 Å². The van der Waals surface area contributed by atoms with Crippen LogP contribution in [0.4, 0.5) is 0 Å². The van der Waals surface area contributed by atoms with Crippen molar-refractivity contribution in [3.63, 3.8) is 0 Å². The first kappa shape index (κ1) is 6.99. The van der Waals surface area contributed by atoms with Crippen LogP contribution in [0, 0.1) is 0 Å². The highest BCUT2D eigenvalue weighted by molar-refractivity contribution is 4.59. The van der Waals surface area contributed by atoms with Crippen LogP contribution in [0.15, 0.2) is 0 Å². The number of nitrogens with zero attached hydrogens (tertiary/aromatic N) is 3. The molecule has 0 N–H and O–H groups in total. The number of hydrogen-bond donors (Lipinski definition) is 0. The monoisotopic (exact) mass is 129 g/mol. The third-order valence-electron chi connectivity index (χ3n) is 1.83. The van der Waals surface area contributed by atoms with Crippen LogP contribution < -0.4 is 0 Å². The third kappa shape index (κ3) is 1.64. The summed E-state index contributed by atoms with van der Waals surface area (Å²) in [5.41, 5.74) is 0. The number of likely N-dealkylation sites (N-methyl/N-ethyl adjacent to an activating group) is 2. The van der Waals surface area contributed by atoms with Crippen molar-refractivity contribution in [1.29, 1.82) is 0 Å². The van der Waals surface area contributed by atoms with Crippen LogP contribution in [-0.4, -0.2) is 55.8 Å². The maximum Gasteiger partial charge on any atom is 0.0643 e. The Morgan fingerprint density at radius 3 is 2.00 bits per heavy atom. The van der Waals surface area contributed by atoms with E-state index in [4.69, 9.17) is 0 Å². The number of hydrazine groups is 1. The van der Waals surface area contributed by atoms with E-state index in [1.807, 2.05) is 0 Å². The summed E-state index contributed by atoms with van der Waals surface area (Å²) in [5.74, 6) is 0. The van der Waals surface area contributed by atoms with E-state index in [9.17, 15) is 0 Å². The van der Waals surface area contributed by atoms with E-state index < -0.39 is 0 Å². The van der Waals surface area contributed by atoms with Gasteiger partial charge in [0.15, 0.2) is 0 Å². The van der Waals surface area contributed by atoms with Crippen molar-refractivity contribution in [1.82, 2.24) is 14.9 Å². The van der Waals surface area contributed by atoms with Crippen molar-refractivity contribution in [3.8, 4) is 0 Å². The van der Waals surface area contributed by atoms with Gasteiger partial charge in [0.25, 0.3) is 0 Å². The van der Waals surface area contributed by atoms with Crippen LogP contribution in [0.3, 0.4) is 0 Å². The predicted octanol–water partition coefficient (Wildman–Crippen LogP) is -0.332. The molecule has 54 valence electrons. The molecule has 0 radical (unpaired) electrons. The van der Waals surface area contributed by atoms with Crippen LogP contribution in [-0.2, 0) is 0 Å². The molecular formula is C6H15N3. The fourth-order valence-electron chi connectivity index (χ4n) is 1.01. The molecule has 0 aromatic heterocycles. The molecule has 0 atom stereocenters. The average Bonchev–Trinajstić information content (AvgIpc) is 1.80. The molecule has 1 rings (SSSR count). The highest BCUT2D eigenvalue weighted by Gasteiger charge is 2.13. The molecule has 1 heterocycles. The lowest BCUT2D eigenvalue weighted by molar-refractivity contribution is -0.0580. The van der Waals surface area contributed by atoms with E-state index in [-0.39, 0.29) is 0 Å². The number of rotatable bonds is 0. The van der Waals surface area contributed by atoms with Crippen molar-refractivity contribution in [2.24, 2.45) is 0 Å². The summed E-state index contributed by atoms with van der Waals surface area (Å²) in [6.07, 6.45) is 0. The Bertz CT molecular complexity index is 94.3. The van der Waals surface area contributed by atoms with Crippen LogP contribution in [0.2, 0.25) is 0 Å². The van der Waals surface area contributed by atoms with Gasteiger partial charge in [0, 0.05) is 27.2 Å². The van der Waals surface area contributed by atoms with Gasteiger partial charge in [0.05, 0.1) is 6.67 Å². The van der Waals surface area contributed by atoms with Gasteiger partial charge in [-0.1, -0.05) is 0 Å². The molecule has 0 aromatic carbocycles. The Hall–Kier alpha value is -0.120. The Kier molecular flexibility index (Phi) is 2.05. The molecule has 0 saturated carbocycles. The standard InChI is InChI=1S/C6H15N3/c1-7-4-5-8(2)9(3)6-7/h4-6H2,1-3H3. The molecular weight excluding hydrogens is 114 g/mol. The molecule has 3 nitrogen and oxygen atoms in total. The normalized spacial score (nSPS) is 27.0. The second-order valence-corrected chi connectivity index (χ2v) is 2.76.